The molecule has 1 aromatic rings. The molecule has 0 radical (unpaired) electrons. The minimum Gasteiger partial charge on any atom is -0.369 e. The van der Waals surface area contributed by atoms with E-state index in [1.807, 2.05) is 0 Å². The molecule has 0 aromatic heterocycles. The molecule has 1 N–H and O–H groups in total. The third-order valence-corrected chi connectivity index (χ3v) is 3.66. The van der Waals surface area contributed by atoms with Crippen LogP contribution in [-0.2, 0) is 0 Å². The van der Waals surface area contributed by atoms with Crippen molar-refractivity contribution >= 4 is 11.3 Å². The summed E-state index contributed by atoms with van der Waals surface area (Å²) in [6.45, 7) is 4.40. The van der Waals surface area contributed by atoms with Gasteiger partial charge in [-0.25, -0.2) is 0 Å². The van der Waals surface area contributed by atoms with Crippen molar-refractivity contribution in [1.29, 1.82) is 0 Å². The summed E-state index contributed by atoms with van der Waals surface area (Å²) in [5.74, 6) is 0. The van der Waals surface area contributed by atoms with Gasteiger partial charge >= 0.3 is 0 Å². The summed E-state index contributed by atoms with van der Waals surface area (Å²) in [5, 5.41) is 3.40. The van der Waals surface area contributed by atoms with Crippen molar-refractivity contribution in [3.05, 3.63) is 48.1 Å². The van der Waals surface area contributed by atoms with E-state index in [9.17, 15) is 0 Å². The number of piperazine rings is 1. The Kier molecular flexibility index (Phi) is 3.47. The van der Waals surface area contributed by atoms with Gasteiger partial charge in [-0.2, -0.15) is 0 Å². The van der Waals surface area contributed by atoms with Crippen molar-refractivity contribution in [2.45, 2.75) is 12.8 Å². The standard InChI is InChI=1S/C16H20N2/c1-2-5-14(6-3-1)15-7-4-8-16(13-15)18-11-9-17-10-12-18/h2,4-8,13,17H,1,3,9-12H2. The maximum Gasteiger partial charge on any atom is 0.0373 e. The van der Waals surface area contributed by atoms with E-state index in [0.29, 0.717) is 0 Å². The number of hydrogen-bond donors (Lipinski definition) is 1. The SMILES string of the molecule is C1=CC(c2cccc(N3CCNCC3)c2)=CCC1. The first-order valence-electron chi connectivity index (χ1n) is 6.86. The van der Waals surface area contributed by atoms with Gasteiger partial charge in [0.05, 0.1) is 0 Å². The van der Waals surface area contributed by atoms with Crippen molar-refractivity contribution < 1.29 is 0 Å². The summed E-state index contributed by atoms with van der Waals surface area (Å²) in [5.41, 5.74) is 4.08. The van der Waals surface area contributed by atoms with E-state index in [-0.39, 0.29) is 0 Å². The Morgan fingerprint density at radius 3 is 2.72 bits per heavy atom. The summed E-state index contributed by atoms with van der Waals surface area (Å²) in [4.78, 5) is 2.47. The van der Waals surface area contributed by atoms with Crippen LogP contribution in [0.5, 0.6) is 0 Å². The topological polar surface area (TPSA) is 15.3 Å². The molecule has 3 rings (SSSR count). The van der Waals surface area contributed by atoms with E-state index in [0.717, 1.165) is 26.2 Å². The second kappa shape index (κ2) is 5.40. The largest absolute Gasteiger partial charge is 0.369 e. The van der Waals surface area contributed by atoms with E-state index in [4.69, 9.17) is 0 Å². The predicted octanol–water partition coefficient (Wildman–Crippen LogP) is 2.83. The third-order valence-electron chi connectivity index (χ3n) is 3.66. The Hall–Kier alpha value is -1.54. The van der Waals surface area contributed by atoms with E-state index in [2.05, 4.69) is 52.7 Å². The first-order valence-corrected chi connectivity index (χ1v) is 6.86. The zero-order valence-electron chi connectivity index (χ0n) is 10.7. The zero-order valence-corrected chi connectivity index (χ0v) is 10.7. The maximum absolute atomic E-state index is 3.40. The lowest BCUT2D eigenvalue weighted by molar-refractivity contribution is 0.589. The van der Waals surface area contributed by atoms with Crippen molar-refractivity contribution in [2.75, 3.05) is 31.1 Å². The van der Waals surface area contributed by atoms with Gasteiger partial charge in [-0.15, -0.1) is 0 Å². The molecule has 2 nitrogen and oxygen atoms in total. The van der Waals surface area contributed by atoms with Crippen molar-refractivity contribution in [3.8, 4) is 0 Å². The van der Waals surface area contributed by atoms with Gasteiger partial charge in [0.1, 0.15) is 0 Å². The van der Waals surface area contributed by atoms with Gasteiger partial charge in [-0.05, 0) is 36.1 Å². The quantitative estimate of drug-likeness (QED) is 0.855. The zero-order chi connectivity index (χ0) is 12.2. The fraction of sp³-hybridized carbons (Fsp3) is 0.375. The van der Waals surface area contributed by atoms with E-state index >= 15 is 0 Å². The molecule has 1 aromatic carbocycles. The molecule has 0 atom stereocenters. The molecule has 0 amide bonds. The van der Waals surface area contributed by atoms with E-state index in [1.165, 1.54) is 29.7 Å². The van der Waals surface area contributed by atoms with Gasteiger partial charge in [0.2, 0.25) is 0 Å². The normalized spacial score (nSPS) is 19.8. The van der Waals surface area contributed by atoms with Crippen LogP contribution in [-0.4, -0.2) is 26.2 Å². The second-order valence-corrected chi connectivity index (χ2v) is 4.93. The van der Waals surface area contributed by atoms with Crippen molar-refractivity contribution in [2.24, 2.45) is 0 Å². The average molecular weight is 240 g/mol. The first kappa shape index (κ1) is 11.5. The number of anilines is 1. The molecule has 0 saturated carbocycles. The smallest absolute Gasteiger partial charge is 0.0373 e. The van der Waals surface area contributed by atoms with Gasteiger partial charge in [-0.1, -0.05) is 30.4 Å². The summed E-state index contributed by atoms with van der Waals surface area (Å²) in [6, 6.07) is 8.94. The van der Waals surface area contributed by atoms with Crippen LogP contribution in [0.1, 0.15) is 18.4 Å². The van der Waals surface area contributed by atoms with E-state index < -0.39 is 0 Å². The fourth-order valence-electron chi connectivity index (χ4n) is 2.63. The summed E-state index contributed by atoms with van der Waals surface area (Å²) in [7, 11) is 0. The van der Waals surface area contributed by atoms with Crippen LogP contribution in [0.4, 0.5) is 5.69 Å². The van der Waals surface area contributed by atoms with Gasteiger partial charge in [0.25, 0.3) is 0 Å². The van der Waals surface area contributed by atoms with Gasteiger partial charge in [0, 0.05) is 31.9 Å². The van der Waals surface area contributed by atoms with Crippen LogP contribution >= 0.6 is 0 Å². The first-order chi connectivity index (χ1) is 8.93. The van der Waals surface area contributed by atoms with Crippen molar-refractivity contribution in [3.63, 3.8) is 0 Å². The molecule has 94 valence electrons. The Labute approximate surface area is 109 Å². The number of rotatable bonds is 2. The Morgan fingerprint density at radius 2 is 1.94 bits per heavy atom. The molecular weight excluding hydrogens is 220 g/mol. The minimum atomic E-state index is 1.09. The lowest BCUT2D eigenvalue weighted by Gasteiger charge is -2.29. The molecule has 2 aliphatic rings. The number of hydrogen-bond acceptors (Lipinski definition) is 2. The Morgan fingerprint density at radius 1 is 1.06 bits per heavy atom. The highest BCUT2D eigenvalue weighted by atomic mass is 15.2. The predicted molar refractivity (Wildman–Crippen MR) is 77.9 cm³/mol. The molecule has 0 unspecified atom stereocenters. The number of allylic oxidation sites excluding steroid dienone is 4. The van der Waals surface area contributed by atoms with Crippen LogP contribution in [0, 0.1) is 0 Å². The molecule has 0 bridgehead atoms. The maximum atomic E-state index is 3.40. The monoisotopic (exact) mass is 240 g/mol. The van der Waals surface area contributed by atoms with Crippen LogP contribution in [0.3, 0.4) is 0 Å². The number of nitrogens with one attached hydrogen (secondary N) is 1. The van der Waals surface area contributed by atoms with Crippen LogP contribution in [0.15, 0.2) is 42.5 Å². The van der Waals surface area contributed by atoms with Crippen LogP contribution in [0.2, 0.25) is 0 Å². The van der Waals surface area contributed by atoms with Gasteiger partial charge in [-0.3, -0.25) is 0 Å². The molecule has 1 fully saturated rings. The molecule has 0 spiro atoms. The number of nitrogens with zero attached hydrogens (tertiary/aromatic N) is 1. The fourth-order valence-corrected chi connectivity index (χ4v) is 2.63. The Bertz CT molecular complexity index is 468. The molecule has 18 heavy (non-hydrogen) atoms. The highest BCUT2D eigenvalue weighted by Crippen LogP contribution is 2.25. The van der Waals surface area contributed by atoms with Gasteiger partial charge in [0.15, 0.2) is 0 Å². The molecule has 2 heteroatoms. The van der Waals surface area contributed by atoms with Gasteiger partial charge < -0.3 is 10.2 Å². The highest BCUT2D eigenvalue weighted by Gasteiger charge is 2.11. The van der Waals surface area contributed by atoms with E-state index in [1.54, 1.807) is 0 Å². The summed E-state index contributed by atoms with van der Waals surface area (Å²) >= 11 is 0. The van der Waals surface area contributed by atoms with Crippen LogP contribution in [0.25, 0.3) is 5.57 Å². The lowest BCUT2D eigenvalue weighted by atomic mass is 9.99. The number of benzene rings is 1. The third kappa shape index (κ3) is 2.49. The second-order valence-electron chi connectivity index (χ2n) is 4.93. The van der Waals surface area contributed by atoms with Crippen molar-refractivity contribution in [1.82, 2.24) is 5.32 Å². The highest BCUT2D eigenvalue weighted by molar-refractivity contribution is 5.76. The molecular formula is C16H20N2. The average Bonchev–Trinajstić information content (AvgIpc) is 2.49. The summed E-state index contributed by atoms with van der Waals surface area (Å²) < 4.78 is 0. The molecule has 1 aliphatic carbocycles. The Balaban J connectivity index is 1.84. The van der Waals surface area contributed by atoms with Crippen LogP contribution < -0.4 is 10.2 Å². The lowest BCUT2D eigenvalue weighted by Crippen LogP contribution is -2.43. The molecule has 1 saturated heterocycles. The molecule has 1 heterocycles. The summed E-state index contributed by atoms with van der Waals surface area (Å²) in [6.07, 6.45) is 9.22. The minimum absolute atomic E-state index is 1.09. The molecule has 1 aliphatic heterocycles.